The Morgan fingerprint density at radius 3 is 2.54 bits per heavy atom. The lowest BCUT2D eigenvalue weighted by Crippen LogP contribution is -2.33. The number of nitrogens with zero attached hydrogens (tertiary/aromatic N) is 4. The van der Waals surface area contributed by atoms with E-state index < -0.39 is 17.8 Å². The average Bonchev–Trinajstić information content (AvgIpc) is 3.20. The number of anilines is 2. The molecule has 3 N–H and O–H groups in total. The standard InChI is InChI=1S/C17H16F3N7O/c18-17(19,20)12-4-1-2-5-13(12)24-16(28)22-10-9-21-14-6-7-15(26-25-14)27-11-3-8-23-27/h1-8,11H,9-10H2,(H,21,25)(H2,22,24,28). The summed E-state index contributed by atoms with van der Waals surface area (Å²) < 4.78 is 40.3. The van der Waals surface area contributed by atoms with Gasteiger partial charge in [-0.1, -0.05) is 12.1 Å². The molecule has 28 heavy (non-hydrogen) atoms. The molecule has 8 nitrogen and oxygen atoms in total. The smallest absolute Gasteiger partial charge is 0.367 e. The Hall–Kier alpha value is -3.63. The number of benzene rings is 1. The van der Waals surface area contributed by atoms with Crippen LogP contribution in [0, 0.1) is 0 Å². The minimum Gasteiger partial charge on any atom is -0.367 e. The number of rotatable bonds is 6. The van der Waals surface area contributed by atoms with Crippen molar-refractivity contribution >= 4 is 17.5 Å². The highest BCUT2D eigenvalue weighted by Gasteiger charge is 2.33. The molecule has 0 radical (unpaired) electrons. The van der Waals surface area contributed by atoms with Crippen molar-refractivity contribution in [2.24, 2.45) is 0 Å². The number of urea groups is 1. The molecule has 3 aromatic rings. The summed E-state index contributed by atoms with van der Waals surface area (Å²) in [6, 6.07) is 9.21. The van der Waals surface area contributed by atoms with E-state index in [1.807, 2.05) is 0 Å². The van der Waals surface area contributed by atoms with Gasteiger partial charge in [0.1, 0.15) is 5.82 Å². The molecule has 2 amide bonds. The van der Waals surface area contributed by atoms with Crippen LogP contribution in [0.25, 0.3) is 5.82 Å². The monoisotopic (exact) mass is 391 g/mol. The summed E-state index contributed by atoms with van der Waals surface area (Å²) in [6.45, 7) is 0.479. The summed E-state index contributed by atoms with van der Waals surface area (Å²) in [7, 11) is 0. The summed E-state index contributed by atoms with van der Waals surface area (Å²) in [4.78, 5) is 11.8. The van der Waals surface area contributed by atoms with E-state index in [9.17, 15) is 18.0 Å². The number of nitrogens with one attached hydrogen (secondary N) is 3. The van der Waals surface area contributed by atoms with Crippen molar-refractivity contribution in [3.05, 3.63) is 60.4 Å². The Morgan fingerprint density at radius 1 is 1.04 bits per heavy atom. The highest BCUT2D eigenvalue weighted by atomic mass is 19.4. The van der Waals surface area contributed by atoms with Gasteiger partial charge in [0, 0.05) is 25.5 Å². The fraction of sp³-hybridized carbons (Fsp3) is 0.176. The molecule has 146 valence electrons. The first kappa shape index (κ1) is 19.1. The summed E-state index contributed by atoms with van der Waals surface area (Å²) >= 11 is 0. The van der Waals surface area contributed by atoms with Gasteiger partial charge in [-0.15, -0.1) is 10.2 Å². The van der Waals surface area contributed by atoms with Gasteiger partial charge in [0.05, 0.1) is 11.3 Å². The van der Waals surface area contributed by atoms with E-state index in [0.29, 0.717) is 18.2 Å². The van der Waals surface area contributed by atoms with Gasteiger partial charge in [0.15, 0.2) is 5.82 Å². The summed E-state index contributed by atoms with van der Waals surface area (Å²) in [5.41, 5.74) is -1.21. The van der Waals surface area contributed by atoms with Crippen molar-refractivity contribution in [1.82, 2.24) is 25.3 Å². The fourth-order valence-electron chi connectivity index (χ4n) is 2.32. The zero-order valence-electron chi connectivity index (χ0n) is 14.4. The second-order valence-electron chi connectivity index (χ2n) is 5.58. The highest BCUT2D eigenvalue weighted by molar-refractivity contribution is 5.90. The van der Waals surface area contributed by atoms with Crippen LogP contribution in [0.1, 0.15) is 5.56 Å². The molecule has 0 aliphatic heterocycles. The lowest BCUT2D eigenvalue weighted by Gasteiger charge is -2.14. The van der Waals surface area contributed by atoms with Crippen LogP contribution < -0.4 is 16.0 Å². The number of amides is 2. The molecule has 3 rings (SSSR count). The van der Waals surface area contributed by atoms with Crippen LogP contribution >= 0.6 is 0 Å². The minimum atomic E-state index is -4.55. The van der Waals surface area contributed by atoms with Gasteiger partial charge in [0.25, 0.3) is 0 Å². The van der Waals surface area contributed by atoms with Crippen LogP contribution in [0.2, 0.25) is 0 Å². The van der Waals surface area contributed by atoms with Crippen molar-refractivity contribution in [3.63, 3.8) is 0 Å². The molecule has 0 bridgehead atoms. The van der Waals surface area contributed by atoms with Crippen LogP contribution in [0.5, 0.6) is 0 Å². The zero-order chi connectivity index (χ0) is 20.0. The maximum atomic E-state index is 12.9. The largest absolute Gasteiger partial charge is 0.418 e. The predicted molar refractivity (Wildman–Crippen MR) is 96.1 cm³/mol. The first-order valence-corrected chi connectivity index (χ1v) is 8.22. The fourth-order valence-corrected chi connectivity index (χ4v) is 2.32. The normalized spacial score (nSPS) is 11.1. The van der Waals surface area contributed by atoms with Crippen molar-refractivity contribution in [2.75, 3.05) is 23.7 Å². The third-order valence-corrected chi connectivity index (χ3v) is 3.59. The molecule has 0 aliphatic rings. The Kier molecular flexibility index (Phi) is 5.72. The third kappa shape index (κ3) is 4.96. The van der Waals surface area contributed by atoms with Gasteiger partial charge in [-0.25, -0.2) is 9.48 Å². The van der Waals surface area contributed by atoms with E-state index in [4.69, 9.17) is 0 Å². The van der Waals surface area contributed by atoms with Gasteiger partial charge in [-0.2, -0.15) is 18.3 Å². The second-order valence-corrected chi connectivity index (χ2v) is 5.58. The van der Waals surface area contributed by atoms with Crippen LogP contribution in [0.4, 0.5) is 29.5 Å². The van der Waals surface area contributed by atoms with Gasteiger partial charge >= 0.3 is 12.2 Å². The van der Waals surface area contributed by atoms with Crippen molar-refractivity contribution in [1.29, 1.82) is 0 Å². The lowest BCUT2D eigenvalue weighted by atomic mass is 10.1. The molecule has 0 saturated carbocycles. The molecule has 0 unspecified atom stereocenters. The van der Waals surface area contributed by atoms with Crippen LogP contribution in [-0.2, 0) is 6.18 Å². The van der Waals surface area contributed by atoms with E-state index >= 15 is 0 Å². The molecule has 2 aromatic heterocycles. The number of para-hydroxylation sites is 1. The number of carbonyl (C=O) groups excluding carboxylic acids is 1. The Bertz CT molecular complexity index is 911. The van der Waals surface area contributed by atoms with E-state index in [1.165, 1.54) is 18.2 Å². The molecule has 2 heterocycles. The molecule has 0 fully saturated rings. The summed E-state index contributed by atoms with van der Waals surface area (Å²) in [5, 5.41) is 19.6. The number of alkyl halides is 3. The van der Waals surface area contributed by atoms with Crippen molar-refractivity contribution in [3.8, 4) is 5.82 Å². The molecule has 11 heteroatoms. The third-order valence-electron chi connectivity index (χ3n) is 3.59. The van der Waals surface area contributed by atoms with Crippen molar-refractivity contribution in [2.45, 2.75) is 6.18 Å². The number of halogens is 3. The quantitative estimate of drug-likeness (QED) is 0.562. The van der Waals surface area contributed by atoms with Gasteiger partial charge in [-0.05, 0) is 30.3 Å². The average molecular weight is 391 g/mol. The van der Waals surface area contributed by atoms with E-state index in [0.717, 1.165) is 6.07 Å². The van der Waals surface area contributed by atoms with Crippen LogP contribution in [0.3, 0.4) is 0 Å². The molecule has 0 saturated heterocycles. The molecular formula is C17H16F3N7O. The first-order valence-electron chi connectivity index (χ1n) is 8.22. The maximum absolute atomic E-state index is 12.9. The molecule has 0 spiro atoms. The number of hydrogen-bond acceptors (Lipinski definition) is 5. The molecular weight excluding hydrogens is 375 g/mol. The van der Waals surface area contributed by atoms with E-state index in [-0.39, 0.29) is 12.2 Å². The minimum absolute atomic E-state index is 0.169. The number of hydrogen-bond donors (Lipinski definition) is 3. The summed E-state index contributed by atoms with van der Waals surface area (Å²) in [6.07, 6.45) is -1.19. The Balaban J connectivity index is 1.45. The molecule has 0 aliphatic carbocycles. The topological polar surface area (TPSA) is 96.8 Å². The molecule has 1 aromatic carbocycles. The number of carbonyl (C=O) groups is 1. The van der Waals surface area contributed by atoms with Crippen LogP contribution in [-0.4, -0.2) is 39.1 Å². The predicted octanol–water partition coefficient (Wildman–Crippen LogP) is 2.91. The van der Waals surface area contributed by atoms with Gasteiger partial charge < -0.3 is 16.0 Å². The van der Waals surface area contributed by atoms with Gasteiger partial charge in [0.2, 0.25) is 0 Å². The highest BCUT2D eigenvalue weighted by Crippen LogP contribution is 2.34. The molecule has 0 atom stereocenters. The van der Waals surface area contributed by atoms with E-state index in [2.05, 4.69) is 31.2 Å². The maximum Gasteiger partial charge on any atom is 0.418 e. The summed E-state index contributed by atoms with van der Waals surface area (Å²) in [5.74, 6) is 1.04. The van der Waals surface area contributed by atoms with Gasteiger partial charge in [-0.3, -0.25) is 0 Å². The Morgan fingerprint density at radius 2 is 1.86 bits per heavy atom. The Labute approximate surface area is 157 Å². The number of aromatic nitrogens is 4. The lowest BCUT2D eigenvalue weighted by molar-refractivity contribution is -0.136. The van der Waals surface area contributed by atoms with Crippen molar-refractivity contribution < 1.29 is 18.0 Å². The first-order chi connectivity index (χ1) is 13.4. The van der Waals surface area contributed by atoms with Crippen LogP contribution in [0.15, 0.2) is 54.9 Å². The zero-order valence-corrected chi connectivity index (χ0v) is 14.4. The second kappa shape index (κ2) is 8.37. The SMILES string of the molecule is O=C(NCCNc1ccc(-n2cccn2)nn1)Nc1ccccc1C(F)(F)F. The van der Waals surface area contributed by atoms with E-state index in [1.54, 1.807) is 35.3 Å².